The van der Waals surface area contributed by atoms with Crippen molar-refractivity contribution >= 4 is 23.2 Å². The number of amides is 2. The third-order valence-corrected chi connectivity index (χ3v) is 6.78. The quantitative estimate of drug-likeness (QED) is 0.678. The Morgan fingerprint density at radius 1 is 1.13 bits per heavy atom. The zero-order valence-electron chi connectivity index (χ0n) is 17.0. The number of piperidine rings is 1. The molecule has 0 unspecified atom stereocenters. The molecule has 1 saturated heterocycles. The zero-order valence-corrected chi connectivity index (χ0v) is 17.9. The Morgan fingerprint density at radius 3 is 2.50 bits per heavy atom. The summed E-state index contributed by atoms with van der Waals surface area (Å²) < 4.78 is 1.77. The third-order valence-electron chi connectivity index (χ3n) is 5.78. The first kappa shape index (κ1) is 20.4. The second-order valence-electron chi connectivity index (χ2n) is 7.72. The van der Waals surface area contributed by atoms with E-state index in [1.54, 1.807) is 21.6 Å². The van der Waals surface area contributed by atoms with Crippen LogP contribution in [0.1, 0.15) is 37.0 Å². The van der Waals surface area contributed by atoms with Gasteiger partial charge in [-0.25, -0.2) is 0 Å². The Balaban J connectivity index is 1.62. The number of hydrogen-bond acceptors (Lipinski definition) is 4. The summed E-state index contributed by atoms with van der Waals surface area (Å²) in [5.41, 5.74) is 0.457. The molecule has 0 aliphatic carbocycles. The van der Waals surface area contributed by atoms with E-state index in [9.17, 15) is 14.7 Å². The molecule has 7 heteroatoms. The van der Waals surface area contributed by atoms with Crippen LogP contribution in [0.15, 0.2) is 60.8 Å². The van der Waals surface area contributed by atoms with Crippen LogP contribution in [0, 0.1) is 6.92 Å². The van der Waals surface area contributed by atoms with Crippen LogP contribution in [-0.2, 0) is 12.6 Å². The van der Waals surface area contributed by atoms with Crippen LogP contribution in [0.3, 0.4) is 0 Å². The highest BCUT2D eigenvalue weighted by Crippen LogP contribution is 2.34. The normalized spacial score (nSPS) is 21.4. The molecule has 1 aliphatic rings. The van der Waals surface area contributed by atoms with Crippen molar-refractivity contribution in [1.29, 1.82) is 0 Å². The average Bonchev–Trinajstić information content (AvgIpc) is 3.38. The lowest BCUT2D eigenvalue weighted by atomic mass is 9.78. The molecule has 0 radical (unpaired) electrons. The van der Waals surface area contributed by atoms with Gasteiger partial charge in [0.15, 0.2) is 0 Å². The Labute approximate surface area is 179 Å². The van der Waals surface area contributed by atoms with Crippen molar-refractivity contribution in [3.8, 4) is 0 Å². The molecule has 0 bridgehead atoms. The molecule has 3 heterocycles. The van der Waals surface area contributed by atoms with E-state index in [2.05, 4.69) is 5.32 Å². The van der Waals surface area contributed by atoms with E-state index in [0.29, 0.717) is 23.5 Å². The summed E-state index contributed by atoms with van der Waals surface area (Å²) in [6.45, 7) is 2.53. The SMILES string of the molecule is Cc1ccc(C(=O)N[C@@]2(c3ccccc3)CCN(C(=O)c3cccn3C)C[C@H]2O)s1. The van der Waals surface area contributed by atoms with Gasteiger partial charge in [0, 0.05) is 31.2 Å². The number of likely N-dealkylation sites (tertiary alicyclic amines) is 1. The minimum Gasteiger partial charge on any atom is -0.388 e. The number of carbonyl (C=O) groups excluding carboxylic acids is 2. The topological polar surface area (TPSA) is 74.6 Å². The molecule has 4 rings (SSSR count). The zero-order chi connectivity index (χ0) is 21.3. The van der Waals surface area contributed by atoms with Crippen LogP contribution in [0.2, 0.25) is 0 Å². The van der Waals surface area contributed by atoms with Crippen molar-refractivity contribution in [2.24, 2.45) is 7.05 Å². The fourth-order valence-corrected chi connectivity index (χ4v) is 4.84. The fraction of sp³-hybridized carbons (Fsp3) is 0.304. The minimum atomic E-state index is -0.957. The number of benzene rings is 1. The summed E-state index contributed by atoms with van der Waals surface area (Å²) in [5, 5.41) is 14.4. The lowest BCUT2D eigenvalue weighted by molar-refractivity contribution is -0.0109. The van der Waals surface area contributed by atoms with Gasteiger partial charge < -0.3 is 19.9 Å². The molecule has 2 amide bonds. The van der Waals surface area contributed by atoms with Gasteiger partial charge >= 0.3 is 0 Å². The maximum absolute atomic E-state index is 13.0. The number of carbonyl (C=O) groups is 2. The summed E-state index contributed by atoms with van der Waals surface area (Å²) in [5.74, 6) is -0.332. The first-order valence-electron chi connectivity index (χ1n) is 9.94. The molecule has 3 aromatic rings. The van der Waals surface area contributed by atoms with Crippen LogP contribution in [0.25, 0.3) is 0 Å². The number of rotatable bonds is 4. The lowest BCUT2D eigenvalue weighted by Gasteiger charge is -2.46. The van der Waals surface area contributed by atoms with Gasteiger partial charge in [-0.15, -0.1) is 11.3 Å². The summed E-state index contributed by atoms with van der Waals surface area (Å²) in [4.78, 5) is 29.2. The second-order valence-corrected chi connectivity index (χ2v) is 9.01. The van der Waals surface area contributed by atoms with Crippen LogP contribution in [-0.4, -0.2) is 45.6 Å². The van der Waals surface area contributed by atoms with E-state index in [4.69, 9.17) is 0 Å². The number of aromatic nitrogens is 1. The van der Waals surface area contributed by atoms with Gasteiger partial charge in [-0.2, -0.15) is 0 Å². The van der Waals surface area contributed by atoms with Crippen molar-refractivity contribution in [2.75, 3.05) is 13.1 Å². The molecule has 2 N–H and O–H groups in total. The van der Waals surface area contributed by atoms with Crippen LogP contribution >= 0.6 is 11.3 Å². The molecule has 30 heavy (non-hydrogen) atoms. The molecule has 2 aromatic heterocycles. The molecular weight excluding hydrogens is 398 g/mol. The number of aliphatic hydroxyl groups excluding tert-OH is 1. The molecule has 156 valence electrons. The van der Waals surface area contributed by atoms with Gasteiger partial charge in [0.1, 0.15) is 5.69 Å². The summed E-state index contributed by atoms with van der Waals surface area (Å²) >= 11 is 1.42. The van der Waals surface area contributed by atoms with Gasteiger partial charge in [0.25, 0.3) is 11.8 Å². The second kappa shape index (κ2) is 8.08. The Kier molecular flexibility index (Phi) is 5.49. The van der Waals surface area contributed by atoms with Crippen LogP contribution in [0.4, 0.5) is 0 Å². The standard InChI is InChI=1S/C23H25N3O3S/c1-16-10-11-19(30-16)21(28)24-23(17-7-4-3-5-8-17)12-14-26(15-20(23)27)22(29)18-9-6-13-25(18)2/h3-11,13,20,27H,12,14-15H2,1-2H3,(H,24,28)/t20-,23-/m1/s1. The minimum absolute atomic E-state index is 0.122. The number of hydrogen-bond donors (Lipinski definition) is 2. The number of β-amino-alcohol motifs (C(OH)–C–C–N with tert-alkyl or cyclic N) is 1. The maximum atomic E-state index is 13.0. The Hall–Kier alpha value is -2.90. The maximum Gasteiger partial charge on any atom is 0.270 e. The van der Waals surface area contributed by atoms with Crippen molar-refractivity contribution < 1.29 is 14.7 Å². The highest BCUT2D eigenvalue weighted by molar-refractivity contribution is 7.13. The predicted molar refractivity (Wildman–Crippen MR) is 117 cm³/mol. The lowest BCUT2D eigenvalue weighted by Crippen LogP contribution is -2.62. The van der Waals surface area contributed by atoms with Crippen molar-refractivity contribution in [3.63, 3.8) is 0 Å². The van der Waals surface area contributed by atoms with E-state index in [0.717, 1.165) is 10.4 Å². The first-order chi connectivity index (χ1) is 14.4. The molecule has 1 aliphatic heterocycles. The Bertz CT molecular complexity index is 1060. The average molecular weight is 424 g/mol. The molecule has 1 aromatic carbocycles. The summed E-state index contributed by atoms with van der Waals surface area (Å²) in [6, 6.07) is 16.8. The molecule has 0 saturated carbocycles. The molecule has 6 nitrogen and oxygen atoms in total. The third kappa shape index (κ3) is 3.66. The largest absolute Gasteiger partial charge is 0.388 e. The van der Waals surface area contributed by atoms with Gasteiger partial charge in [0.05, 0.1) is 16.5 Å². The van der Waals surface area contributed by atoms with E-state index in [-0.39, 0.29) is 18.4 Å². The van der Waals surface area contributed by atoms with E-state index in [1.807, 2.05) is 62.6 Å². The fourth-order valence-electron chi connectivity index (χ4n) is 4.07. The smallest absolute Gasteiger partial charge is 0.270 e. The van der Waals surface area contributed by atoms with E-state index in [1.165, 1.54) is 11.3 Å². The monoisotopic (exact) mass is 423 g/mol. The molecule has 2 atom stereocenters. The highest BCUT2D eigenvalue weighted by Gasteiger charge is 2.46. The summed E-state index contributed by atoms with van der Waals surface area (Å²) in [6.07, 6.45) is 1.30. The van der Waals surface area contributed by atoms with Crippen LogP contribution in [0.5, 0.6) is 0 Å². The van der Waals surface area contributed by atoms with Crippen molar-refractivity contribution in [3.05, 3.63) is 81.8 Å². The van der Waals surface area contributed by atoms with E-state index >= 15 is 0 Å². The van der Waals surface area contributed by atoms with Gasteiger partial charge in [-0.1, -0.05) is 30.3 Å². The first-order valence-corrected chi connectivity index (χ1v) is 10.8. The number of aryl methyl sites for hydroxylation is 2. The molecular formula is C23H25N3O3S. The number of thiophene rings is 1. The number of aliphatic hydroxyl groups is 1. The number of nitrogens with zero attached hydrogens (tertiary/aromatic N) is 2. The Morgan fingerprint density at radius 2 is 1.90 bits per heavy atom. The van der Waals surface area contributed by atoms with Crippen molar-refractivity contribution in [1.82, 2.24) is 14.8 Å². The highest BCUT2D eigenvalue weighted by atomic mass is 32.1. The van der Waals surface area contributed by atoms with E-state index < -0.39 is 11.6 Å². The van der Waals surface area contributed by atoms with Gasteiger partial charge in [0.2, 0.25) is 0 Å². The van der Waals surface area contributed by atoms with Crippen molar-refractivity contribution in [2.45, 2.75) is 25.0 Å². The molecule has 0 spiro atoms. The number of nitrogens with one attached hydrogen (secondary N) is 1. The summed E-state index contributed by atoms with van der Waals surface area (Å²) in [7, 11) is 1.82. The van der Waals surface area contributed by atoms with Crippen LogP contribution < -0.4 is 5.32 Å². The van der Waals surface area contributed by atoms with Gasteiger partial charge in [-0.05, 0) is 43.2 Å². The predicted octanol–water partition coefficient (Wildman–Crippen LogP) is 2.93. The molecule has 1 fully saturated rings. The van der Waals surface area contributed by atoms with Gasteiger partial charge in [-0.3, -0.25) is 9.59 Å².